The van der Waals surface area contributed by atoms with Crippen molar-refractivity contribution in [3.05, 3.63) is 30.0 Å². The van der Waals surface area contributed by atoms with Crippen molar-refractivity contribution in [2.45, 2.75) is 11.7 Å². The number of aryl methyl sites for hydroxylation is 1. The predicted molar refractivity (Wildman–Crippen MR) is 101 cm³/mol. The first kappa shape index (κ1) is 19.2. The number of sulfone groups is 1. The van der Waals surface area contributed by atoms with Crippen LogP contribution in [-0.2, 0) is 16.9 Å². The highest BCUT2D eigenvalue weighted by molar-refractivity contribution is 7.91. The smallest absolute Gasteiger partial charge is 0.272 e. The van der Waals surface area contributed by atoms with Crippen LogP contribution in [0.3, 0.4) is 0 Å². The van der Waals surface area contributed by atoms with Crippen LogP contribution in [0.1, 0.15) is 16.9 Å². The van der Waals surface area contributed by atoms with Crippen molar-refractivity contribution in [2.24, 2.45) is 7.05 Å². The average molecular weight is 393 g/mol. The molecule has 1 atom stereocenters. The zero-order chi connectivity index (χ0) is 19.8. The van der Waals surface area contributed by atoms with Crippen LogP contribution >= 0.6 is 0 Å². The highest BCUT2D eigenvalue weighted by Gasteiger charge is 2.34. The first-order valence-corrected chi connectivity index (χ1v) is 10.4. The molecule has 0 radical (unpaired) electrons. The molecular formula is C18H23N3O5S. The molecule has 1 fully saturated rings. The molecule has 1 aromatic carbocycles. The molecule has 2 aromatic rings. The van der Waals surface area contributed by atoms with Crippen molar-refractivity contribution in [1.82, 2.24) is 14.7 Å². The van der Waals surface area contributed by atoms with Gasteiger partial charge >= 0.3 is 0 Å². The number of hydrogen-bond donors (Lipinski definition) is 0. The molecule has 1 amide bonds. The normalized spacial score (nSPS) is 17.2. The number of hydrogen-bond acceptors (Lipinski definition) is 6. The van der Waals surface area contributed by atoms with Gasteiger partial charge in [-0.1, -0.05) is 0 Å². The molecule has 0 aliphatic carbocycles. The van der Waals surface area contributed by atoms with Gasteiger partial charge in [0.05, 0.1) is 25.2 Å². The minimum absolute atomic E-state index is 0.209. The van der Waals surface area contributed by atoms with E-state index in [1.807, 2.05) is 0 Å². The standard InChI is InChI=1S/C18H23N3O5S/c1-20-16(18(22)21-8-7-13(11-21)27(4,23)24)10-15(19-20)14-9-12(25-2)5-6-17(14)26-3/h5-6,9-10,13H,7-8,11H2,1-4H3/t13-/m1/s1. The third-order valence-corrected chi connectivity index (χ3v) is 6.42. The molecule has 2 heterocycles. The maximum Gasteiger partial charge on any atom is 0.272 e. The second-order valence-corrected chi connectivity index (χ2v) is 8.92. The van der Waals surface area contributed by atoms with E-state index in [9.17, 15) is 13.2 Å². The van der Waals surface area contributed by atoms with Crippen molar-refractivity contribution in [3.8, 4) is 22.8 Å². The van der Waals surface area contributed by atoms with E-state index >= 15 is 0 Å². The van der Waals surface area contributed by atoms with Crippen molar-refractivity contribution in [3.63, 3.8) is 0 Å². The molecular weight excluding hydrogens is 370 g/mol. The number of aromatic nitrogens is 2. The summed E-state index contributed by atoms with van der Waals surface area (Å²) in [4.78, 5) is 14.4. The highest BCUT2D eigenvalue weighted by atomic mass is 32.2. The molecule has 0 spiro atoms. The lowest BCUT2D eigenvalue weighted by Gasteiger charge is -2.15. The van der Waals surface area contributed by atoms with Crippen molar-refractivity contribution < 1.29 is 22.7 Å². The maximum atomic E-state index is 12.9. The molecule has 146 valence electrons. The number of ether oxygens (including phenoxy) is 2. The van der Waals surface area contributed by atoms with Crippen molar-refractivity contribution in [2.75, 3.05) is 33.6 Å². The predicted octanol–water partition coefficient (Wildman–Crippen LogP) is 1.36. The molecule has 0 unspecified atom stereocenters. The Morgan fingerprint density at radius 3 is 2.56 bits per heavy atom. The Balaban J connectivity index is 1.91. The van der Waals surface area contributed by atoms with Crippen LogP contribution in [0.25, 0.3) is 11.3 Å². The number of carbonyl (C=O) groups excluding carboxylic acids is 1. The zero-order valence-corrected chi connectivity index (χ0v) is 16.6. The van der Waals surface area contributed by atoms with Gasteiger partial charge in [-0.15, -0.1) is 0 Å². The number of rotatable bonds is 5. The number of likely N-dealkylation sites (tertiary alicyclic amines) is 1. The molecule has 0 bridgehead atoms. The molecule has 1 aliphatic heterocycles. The van der Waals surface area contributed by atoms with Crippen LogP contribution in [0.4, 0.5) is 0 Å². The highest BCUT2D eigenvalue weighted by Crippen LogP contribution is 2.33. The van der Waals surface area contributed by atoms with Gasteiger partial charge in [-0.25, -0.2) is 8.42 Å². The summed E-state index contributed by atoms with van der Waals surface area (Å²) >= 11 is 0. The number of amides is 1. The number of carbonyl (C=O) groups is 1. The summed E-state index contributed by atoms with van der Waals surface area (Å²) in [6, 6.07) is 7.05. The van der Waals surface area contributed by atoms with E-state index in [4.69, 9.17) is 9.47 Å². The van der Waals surface area contributed by atoms with E-state index in [1.54, 1.807) is 50.4 Å². The summed E-state index contributed by atoms with van der Waals surface area (Å²) in [5, 5.41) is 3.93. The molecule has 1 saturated heterocycles. The SMILES string of the molecule is COc1ccc(OC)c(-c2cc(C(=O)N3CC[C@@H](S(C)(=O)=O)C3)n(C)n2)c1. The number of nitrogens with zero attached hydrogens (tertiary/aromatic N) is 3. The minimum Gasteiger partial charge on any atom is -0.497 e. The van der Waals surface area contributed by atoms with E-state index < -0.39 is 15.1 Å². The van der Waals surface area contributed by atoms with Crippen LogP contribution < -0.4 is 9.47 Å². The fraction of sp³-hybridized carbons (Fsp3) is 0.444. The van der Waals surface area contributed by atoms with Gasteiger partial charge in [0.15, 0.2) is 9.84 Å². The van der Waals surface area contributed by atoms with E-state index in [0.29, 0.717) is 41.4 Å². The minimum atomic E-state index is -3.16. The molecule has 8 nitrogen and oxygen atoms in total. The van der Waals surface area contributed by atoms with E-state index in [2.05, 4.69) is 5.10 Å². The van der Waals surface area contributed by atoms with Gasteiger partial charge in [0, 0.05) is 32.0 Å². The fourth-order valence-corrected chi connectivity index (χ4v) is 4.22. The Bertz CT molecular complexity index is 967. The fourth-order valence-electron chi connectivity index (χ4n) is 3.24. The first-order chi connectivity index (χ1) is 12.7. The lowest BCUT2D eigenvalue weighted by Crippen LogP contribution is -2.32. The maximum absolute atomic E-state index is 12.9. The van der Waals surface area contributed by atoms with Gasteiger partial charge in [-0.3, -0.25) is 9.48 Å². The third-order valence-electron chi connectivity index (χ3n) is 4.82. The van der Waals surface area contributed by atoms with Gasteiger partial charge in [-0.2, -0.15) is 5.10 Å². The molecule has 0 N–H and O–H groups in total. The molecule has 0 saturated carbocycles. The summed E-state index contributed by atoms with van der Waals surface area (Å²) in [6.45, 7) is 0.625. The number of methoxy groups -OCH3 is 2. The summed E-state index contributed by atoms with van der Waals surface area (Å²) in [5.74, 6) is 1.04. The van der Waals surface area contributed by atoms with Gasteiger partial charge in [-0.05, 0) is 30.7 Å². The summed E-state index contributed by atoms with van der Waals surface area (Å²) in [7, 11) is 1.66. The summed E-state index contributed by atoms with van der Waals surface area (Å²) < 4.78 is 35.6. The van der Waals surface area contributed by atoms with Gasteiger partial charge in [0.1, 0.15) is 17.2 Å². The quantitative estimate of drug-likeness (QED) is 0.762. The van der Waals surface area contributed by atoms with Crippen LogP contribution in [-0.4, -0.2) is 67.8 Å². The Hall–Kier alpha value is -2.55. The molecule has 1 aromatic heterocycles. The third kappa shape index (κ3) is 3.78. The van der Waals surface area contributed by atoms with E-state index in [1.165, 1.54) is 10.9 Å². The Labute approximate surface area is 158 Å². The van der Waals surface area contributed by atoms with E-state index in [0.717, 1.165) is 0 Å². The Morgan fingerprint density at radius 2 is 1.96 bits per heavy atom. The largest absolute Gasteiger partial charge is 0.497 e. The topological polar surface area (TPSA) is 90.7 Å². The van der Waals surface area contributed by atoms with Crippen LogP contribution in [0.2, 0.25) is 0 Å². The van der Waals surface area contributed by atoms with E-state index in [-0.39, 0.29) is 12.5 Å². The van der Waals surface area contributed by atoms with Gasteiger partial charge < -0.3 is 14.4 Å². The monoisotopic (exact) mass is 393 g/mol. The Kier molecular flexibility index (Phi) is 5.14. The van der Waals surface area contributed by atoms with Crippen LogP contribution in [0.15, 0.2) is 24.3 Å². The van der Waals surface area contributed by atoms with Crippen LogP contribution in [0.5, 0.6) is 11.5 Å². The second kappa shape index (κ2) is 7.22. The first-order valence-electron chi connectivity index (χ1n) is 8.49. The zero-order valence-electron chi connectivity index (χ0n) is 15.8. The Morgan fingerprint density at radius 1 is 1.22 bits per heavy atom. The van der Waals surface area contributed by atoms with Crippen molar-refractivity contribution in [1.29, 1.82) is 0 Å². The van der Waals surface area contributed by atoms with Gasteiger partial charge in [0.25, 0.3) is 5.91 Å². The summed E-state index contributed by atoms with van der Waals surface area (Å²) in [6.07, 6.45) is 1.67. The van der Waals surface area contributed by atoms with Crippen LogP contribution in [0, 0.1) is 0 Å². The number of benzene rings is 1. The molecule has 1 aliphatic rings. The lowest BCUT2D eigenvalue weighted by atomic mass is 10.1. The van der Waals surface area contributed by atoms with Crippen molar-refractivity contribution >= 4 is 15.7 Å². The molecule has 3 rings (SSSR count). The summed E-state index contributed by atoms with van der Waals surface area (Å²) in [5.41, 5.74) is 1.68. The van der Waals surface area contributed by atoms with Gasteiger partial charge in [0.2, 0.25) is 0 Å². The second-order valence-electron chi connectivity index (χ2n) is 6.60. The lowest BCUT2D eigenvalue weighted by molar-refractivity contribution is 0.0782. The molecule has 27 heavy (non-hydrogen) atoms. The molecule has 9 heteroatoms. The average Bonchev–Trinajstić information content (AvgIpc) is 3.27.